The molecule has 4 aromatic rings. The molecule has 1 N–H and O–H groups in total. The lowest BCUT2D eigenvalue weighted by molar-refractivity contribution is 0.0627. The molecule has 8 heteroatoms. The highest BCUT2D eigenvalue weighted by molar-refractivity contribution is 6.09. The molecular formula is C31H27FN4O3. The fraction of sp³-hybridized carbons (Fsp3) is 0.161. The van der Waals surface area contributed by atoms with Crippen LogP contribution in [0, 0.1) is 5.82 Å². The zero-order valence-electron chi connectivity index (χ0n) is 21.2. The normalized spacial score (nSPS) is 13.6. The number of carbonyl (C=O) groups excluding carboxylic acids is 3. The highest BCUT2D eigenvalue weighted by Gasteiger charge is 2.23. The Morgan fingerprint density at radius 2 is 1.38 bits per heavy atom. The molecule has 1 saturated heterocycles. The SMILES string of the molecule is O=C(c1ccccc1)c1ccc(NC(=O)c2ccc(C(=O)N3CCN(Cc4ccc(F)cc4)CC3)cn2)cc1. The Labute approximate surface area is 225 Å². The van der Waals surface area contributed by atoms with Crippen molar-refractivity contribution in [2.75, 3.05) is 31.5 Å². The first-order valence-corrected chi connectivity index (χ1v) is 12.7. The molecule has 1 fully saturated rings. The average Bonchev–Trinajstić information content (AvgIpc) is 2.99. The number of nitrogens with zero attached hydrogens (tertiary/aromatic N) is 3. The molecule has 1 aliphatic rings. The van der Waals surface area contributed by atoms with E-state index >= 15 is 0 Å². The molecule has 0 atom stereocenters. The van der Waals surface area contributed by atoms with Crippen molar-refractivity contribution in [3.05, 3.63) is 131 Å². The van der Waals surface area contributed by atoms with Crippen LogP contribution in [0.25, 0.3) is 0 Å². The van der Waals surface area contributed by atoms with Gasteiger partial charge in [0.25, 0.3) is 11.8 Å². The van der Waals surface area contributed by atoms with Crippen LogP contribution < -0.4 is 5.32 Å². The number of amides is 2. The van der Waals surface area contributed by atoms with Crippen molar-refractivity contribution in [1.29, 1.82) is 0 Å². The van der Waals surface area contributed by atoms with E-state index in [9.17, 15) is 18.8 Å². The summed E-state index contributed by atoms with van der Waals surface area (Å²) in [4.78, 5) is 46.4. The van der Waals surface area contributed by atoms with Crippen LogP contribution in [-0.2, 0) is 6.54 Å². The van der Waals surface area contributed by atoms with Crippen LogP contribution in [0.3, 0.4) is 0 Å². The van der Waals surface area contributed by atoms with E-state index < -0.39 is 5.91 Å². The van der Waals surface area contributed by atoms with E-state index in [1.807, 2.05) is 18.2 Å². The number of halogens is 1. The summed E-state index contributed by atoms with van der Waals surface area (Å²) < 4.78 is 13.1. The lowest BCUT2D eigenvalue weighted by Crippen LogP contribution is -2.48. The number of hydrogen-bond donors (Lipinski definition) is 1. The van der Waals surface area contributed by atoms with Crippen molar-refractivity contribution in [1.82, 2.24) is 14.8 Å². The molecule has 0 aliphatic carbocycles. The van der Waals surface area contributed by atoms with Gasteiger partial charge in [-0.1, -0.05) is 42.5 Å². The Balaban J connectivity index is 1.13. The number of ketones is 1. The van der Waals surface area contributed by atoms with Crippen LogP contribution in [0.5, 0.6) is 0 Å². The van der Waals surface area contributed by atoms with Gasteiger partial charge in [-0.3, -0.25) is 24.3 Å². The molecule has 2 amide bonds. The van der Waals surface area contributed by atoms with E-state index in [1.54, 1.807) is 59.5 Å². The maximum Gasteiger partial charge on any atom is 0.274 e. The molecule has 7 nitrogen and oxygen atoms in total. The topological polar surface area (TPSA) is 82.6 Å². The second kappa shape index (κ2) is 11.8. The number of anilines is 1. The van der Waals surface area contributed by atoms with E-state index in [0.29, 0.717) is 55.1 Å². The molecular weight excluding hydrogens is 495 g/mol. The fourth-order valence-electron chi connectivity index (χ4n) is 4.45. The molecule has 3 aromatic carbocycles. The van der Waals surface area contributed by atoms with Gasteiger partial charge in [-0.05, 0) is 54.1 Å². The molecule has 1 aliphatic heterocycles. The Morgan fingerprint density at radius 3 is 2.03 bits per heavy atom. The number of aromatic nitrogens is 1. The third kappa shape index (κ3) is 6.42. The summed E-state index contributed by atoms with van der Waals surface area (Å²) in [5.41, 5.74) is 3.29. The summed E-state index contributed by atoms with van der Waals surface area (Å²) >= 11 is 0. The molecule has 0 radical (unpaired) electrons. The van der Waals surface area contributed by atoms with Crippen molar-refractivity contribution in [3.63, 3.8) is 0 Å². The van der Waals surface area contributed by atoms with Crippen LogP contribution in [0.15, 0.2) is 97.2 Å². The monoisotopic (exact) mass is 522 g/mol. The zero-order chi connectivity index (χ0) is 27.2. The second-order valence-electron chi connectivity index (χ2n) is 9.35. The van der Waals surface area contributed by atoms with E-state index in [0.717, 1.165) is 5.56 Å². The van der Waals surface area contributed by atoms with Crippen LogP contribution in [-0.4, -0.2) is 58.6 Å². The minimum absolute atomic E-state index is 0.0929. The number of carbonyl (C=O) groups is 3. The van der Waals surface area contributed by atoms with Gasteiger partial charge in [0.05, 0.1) is 5.56 Å². The predicted octanol–water partition coefficient (Wildman–Crippen LogP) is 4.66. The van der Waals surface area contributed by atoms with Crippen LogP contribution >= 0.6 is 0 Å². The van der Waals surface area contributed by atoms with Gasteiger partial charge in [0.15, 0.2) is 5.78 Å². The molecule has 0 spiro atoms. The quantitative estimate of drug-likeness (QED) is 0.357. The molecule has 39 heavy (non-hydrogen) atoms. The van der Waals surface area contributed by atoms with Crippen molar-refractivity contribution < 1.29 is 18.8 Å². The Kier molecular flexibility index (Phi) is 7.84. The smallest absolute Gasteiger partial charge is 0.274 e. The minimum Gasteiger partial charge on any atom is -0.336 e. The van der Waals surface area contributed by atoms with Gasteiger partial charge in [-0.2, -0.15) is 0 Å². The molecule has 196 valence electrons. The number of pyridine rings is 1. The first-order chi connectivity index (χ1) is 19.0. The van der Waals surface area contributed by atoms with Gasteiger partial charge in [0, 0.05) is 55.7 Å². The molecule has 1 aromatic heterocycles. The van der Waals surface area contributed by atoms with Gasteiger partial charge in [-0.15, -0.1) is 0 Å². The summed E-state index contributed by atoms with van der Waals surface area (Å²) in [6.45, 7) is 3.29. The van der Waals surface area contributed by atoms with Crippen molar-refractivity contribution in [3.8, 4) is 0 Å². The van der Waals surface area contributed by atoms with Gasteiger partial charge < -0.3 is 10.2 Å². The van der Waals surface area contributed by atoms with Crippen LogP contribution in [0.4, 0.5) is 10.1 Å². The highest BCUT2D eigenvalue weighted by Crippen LogP contribution is 2.16. The lowest BCUT2D eigenvalue weighted by atomic mass is 10.0. The lowest BCUT2D eigenvalue weighted by Gasteiger charge is -2.34. The number of piperazine rings is 1. The summed E-state index contributed by atoms with van der Waals surface area (Å²) in [6, 6.07) is 25.3. The summed E-state index contributed by atoms with van der Waals surface area (Å²) in [5.74, 6) is -0.887. The van der Waals surface area contributed by atoms with E-state index in [4.69, 9.17) is 0 Å². The first kappa shape index (κ1) is 25.9. The Hall–Kier alpha value is -4.69. The zero-order valence-corrected chi connectivity index (χ0v) is 21.2. The predicted molar refractivity (Wildman–Crippen MR) is 146 cm³/mol. The molecule has 0 unspecified atom stereocenters. The number of nitrogens with one attached hydrogen (secondary N) is 1. The van der Waals surface area contributed by atoms with Gasteiger partial charge >= 0.3 is 0 Å². The van der Waals surface area contributed by atoms with Crippen molar-refractivity contribution in [2.24, 2.45) is 0 Å². The van der Waals surface area contributed by atoms with E-state index in [1.165, 1.54) is 24.4 Å². The number of rotatable bonds is 7. The molecule has 0 saturated carbocycles. The van der Waals surface area contributed by atoms with Crippen molar-refractivity contribution >= 4 is 23.3 Å². The number of benzene rings is 3. The summed E-state index contributed by atoms with van der Waals surface area (Å²) in [5, 5.41) is 2.77. The minimum atomic E-state index is -0.412. The highest BCUT2D eigenvalue weighted by atomic mass is 19.1. The summed E-state index contributed by atoms with van der Waals surface area (Å²) in [6.07, 6.45) is 1.42. The largest absolute Gasteiger partial charge is 0.336 e. The summed E-state index contributed by atoms with van der Waals surface area (Å²) in [7, 11) is 0. The molecule has 2 heterocycles. The molecule has 0 bridgehead atoms. The Bertz CT molecular complexity index is 1450. The van der Waals surface area contributed by atoms with Gasteiger partial charge in [0.2, 0.25) is 0 Å². The van der Waals surface area contributed by atoms with Crippen LogP contribution in [0.2, 0.25) is 0 Å². The second-order valence-corrected chi connectivity index (χ2v) is 9.35. The van der Waals surface area contributed by atoms with E-state index in [-0.39, 0.29) is 23.2 Å². The van der Waals surface area contributed by atoms with Crippen LogP contribution in [0.1, 0.15) is 42.3 Å². The maximum absolute atomic E-state index is 13.1. The molecule has 5 rings (SSSR count). The van der Waals surface area contributed by atoms with E-state index in [2.05, 4.69) is 15.2 Å². The standard InChI is InChI=1S/C31H27FN4O3/c32-26-11-6-22(7-12-26)21-35-16-18-36(19-17-35)31(39)25-10-15-28(33-20-25)30(38)34-27-13-8-24(9-14-27)29(37)23-4-2-1-3-5-23/h1-15,20H,16-19,21H2,(H,34,38). The maximum atomic E-state index is 13.1. The van der Waals surface area contributed by atoms with Gasteiger partial charge in [0.1, 0.15) is 11.5 Å². The number of hydrogen-bond acceptors (Lipinski definition) is 5. The van der Waals surface area contributed by atoms with Gasteiger partial charge in [-0.25, -0.2) is 4.39 Å². The fourth-order valence-corrected chi connectivity index (χ4v) is 4.45. The third-order valence-electron chi connectivity index (χ3n) is 6.66. The average molecular weight is 523 g/mol. The van der Waals surface area contributed by atoms with Crippen molar-refractivity contribution in [2.45, 2.75) is 6.54 Å². The Morgan fingerprint density at radius 1 is 0.744 bits per heavy atom. The third-order valence-corrected chi connectivity index (χ3v) is 6.66. The first-order valence-electron chi connectivity index (χ1n) is 12.7.